The molecule has 1 aliphatic rings. The largest absolute Gasteiger partial charge is 0.368 e. The molecule has 2 aromatic carbocycles. The summed E-state index contributed by atoms with van der Waals surface area (Å²) in [5.74, 6) is -0.277. The summed E-state index contributed by atoms with van der Waals surface area (Å²) < 4.78 is 25.3. The van der Waals surface area contributed by atoms with Crippen LogP contribution in [-0.4, -0.2) is 50.6 Å². The predicted molar refractivity (Wildman–Crippen MR) is 116 cm³/mol. The van der Waals surface area contributed by atoms with Crippen LogP contribution in [0.3, 0.4) is 0 Å². The number of rotatable bonds is 9. The van der Waals surface area contributed by atoms with Crippen LogP contribution in [0, 0.1) is 0 Å². The number of amides is 1. The van der Waals surface area contributed by atoms with Crippen molar-refractivity contribution in [2.45, 2.75) is 32.4 Å². The van der Waals surface area contributed by atoms with E-state index in [9.17, 15) is 13.2 Å². The van der Waals surface area contributed by atoms with Crippen molar-refractivity contribution in [1.82, 2.24) is 9.62 Å². The maximum absolute atomic E-state index is 12.3. The average Bonchev–Trinajstić information content (AvgIpc) is 3.00. The lowest BCUT2D eigenvalue weighted by Gasteiger charge is -2.25. The quantitative estimate of drug-likeness (QED) is 0.639. The molecule has 3 rings (SSSR count). The number of benzene rings is 2. The van der Waals surface area contributed by atoms with Gasteiger partial charge in [0.05, 0.1) is 12.8 Å². The van der Waals surface area contributed by atoms with Crippen molar-refractivity contribution in [3.8, 4) is 0 Å². The van der Waals surface area contributed by atoms with Gasteiger partial charge in [-0.05, 0) is 37.0 Å². The first-order valence-corrected chi connectivity index (χ1v) is 11.8. The van der Waals surface area contributed by atoms with E-state index in [1.807, 2.05) is 30.3 Å². The van der Waals surface area contributed by atoms with Gasteiger partial charge in [0, 0.05) is 31.4 Å². The molecule has 0 aromatic heterocycles. The minimum absolute atomic E-state index is 0.170. The molecule has 2 aromatic rings. The van der Waals surface area contributed by atoms with Gasteiger partial charge in [0.25, 0.3) is 0 Å². The van der Waals surface area contributed by atoms with Crippen LogP contribution in [-0.2, 0) is 27.8 Å². The summed E-state index contributed by atoms with van der Waals surface area (Å²) in [7, 11) is -3.48. The minimum atomic E-state index is -3.48. The van der Waals surface area contributed by atoms with Crippen molar-refractivity contribution >= 4 is 21.6 Å². The van der Waals surface area contributed by atoms with Gasteiger partial charge in [0.1, 0.15) is 0 Å². The highest BCUT2D eigenvalue weighted by atomic mass is 32.2. The van der Waals surface area contributed by atoms with Gasteiger partial charge < -0.3 is 10.2 Å². The molecule has 1 unspecified atom stereocenters. The molecular weight excluding hydrogens is 386 g/mol. The van der Waals surface area contributed by atoms with Gasteiger partial charge in [-0.2, -0.15) is 4.31 Å². The predicted octanol–water partition coefficient (Wildman–Crippen LogP) is 2.41. The van der Waals surface area contributed by atoms with Crippen molar-refractivity contribution < 1.29 is 13.2 Å². The summed E-state index contributed by atoms with van der Waals surface area (Å²) in [5, 5.41) is 2.86. The lowest BCUT2D eigenvalue weighted by atomic mass is 10.1. The third-order valence-corrected chi connectivity index (χ3v) is 6.43. The standard InChI is InChI=1S/C22H29N3O3S/c1-18-15-20-11-6-7-12-21(20)25(18)14-8-13-23-22(26)17-24(29(2,27)28)16-19-9-4-3-5-10-19/h3-7,9-12,18H,8,13-17H2,1-2H3,(H,23,26). The molecule has 1 amide bonds. The molecule has 0 spiro atoms. The van der Waals surface area contributed by atoms with Gasteiger partial charge in [-0.3, -0.25) is 4.79 Å². The number of para-hydroxylation sites is 1. The van der Waals surface area contributed by atoms with Crippen LogP contribution < -0.4 is 10.2 Å². The van der Waals surface area contributed by atoms with Crippen LogP contribution in [0.5, 0.6) is 0 Å². The molecule has 1 heterocycles. The zero-order valence-electron chi connectivity index (χ0n) is 17.0. The van der Waals surface area contributed by atoms with E-state index in [2.05, 4.69) is 41.4 Å². The molecule has 7 heteroatoms. The fraction of sp³-hybridized carbons (Fsp3) is 0.409. The number of sulfonamides is 1. The molecule has 156 valence electrons. The van der Waals surface area contributed by atoms with Gasteiger partial charge >= 0.3 is 0 Å². The Balaban J connectivity index is 1.47. The lowest BCUT2D eigenvalue weighted by molar-refractivity contribution is -0.121. The number of anilines is 1. The van der Waals surface area contributed by atoms with Crippen LogP contribution in [0.4, 0.5) is 5.69 Å². The molecule has 0 fully saturated rings. The summed E-state index contributed by atoms with van der Waals surface area (Å²) in [6, 6.07) is 18.2. The van der Waals surface area contributed by atoms with Crippen molar-refractivity contribution in [1.29, 1.82) is 0 Å². The summed E-state index contributed by atoms with van der Waals surface area (Å²) >= 11 is 0. The van der Waals surface area contributed by atoms with Gasteiger partial charge in [-0.15, -0.1) is 0 Å². The Morgan fingerprint density at radius 3 is 2.55 bits per heavy atom. The normalized spacial score (nSPS) is 16.1. The fourth-order valence-electron chi connectivity index (χ4n) is 3.74. The summed E-state index contributed by atoms with van der Waals surface area (Å²) in [4.78, 5) is 14.7. The average molecular weight is 416 g/mol. The monoisotopic (exact) mass is 415 g/mol. The number of fused-ring (bicyclic) bond motifs is 1. The second-order valence-electron chi connectivity index (χ2n) is 7.60. The molecule has 0 bridgehead atoms. The maximum atomic E-state index is 12.3. The highest BCUT2D eigenvalue weighted by Gasteiger charge is 2.25. The van der Waals surface area contributed by atoms with E-state index in [1.54, 1.807) is 0 Å². The number of hydrogen-bond donors (Lipinski definition) is 1. The van der Waals surface area contributed by atoms with Crippen LogP contribution in [0.1, 0.15) is 24.5 Å². The second kappa shape index (κ2) is 9.41. The van der Waals surface area contributed by atoms with Crippen LogP contribution in [0.25, 0.3) is 0 Å². The molecule has 0 aliphatic carbocycles. The summed E-state index contributed by atoms with van der Waals surface area (Å²) in [5.41, 5.74) is 3.50. The van der Waals surface area contributed by atoms with Crippen molar-refractivity contribution in [3.63, 3.8) is 0 Å². The Morgan fingerprint density at radius 1 is 1.14 bits per heavy atom. The topological polar surface area (TPSA) is 69.7 Å². The summed E-state index contributed by atoms with van der Waals surface area (Å²) in [6.45, 7) is 3.61. The second-order valence-corrected chi connectivity index (χ2v) is 9.58. The summed E-state index contributed by atoms with van der Waals surface area (Å²) in [6.07, 6.45) is 2.99. The molecule has 29 heavy (non-hydrogen) atoms. The first-order chi connectivity index (χ1) is 13.8. The Hall–Kier alpha value is -2.38. The van der Waals surface area contributed by atoms with E-state index >= 15 is 0 Å². The van der Waals surface area contributed by atoms with Gasteiger partial charge in [-0.1, -0.05) is 48.5 Å². The van der Waals surface area contributed by atoms with Crippen molar-refractivity contribution in [3.05, 3.63) is 65.7 Å². The number of carbonyl (C=O) groups excluding carboxylic acids is 1. The first-order valence-electron chi connectivity index (χ1n) is 9.95. The molecule has 1 aliphatic heterocycles. The third kappa shape index (κ3) is 5.81. The van der Waals surface area contributed by atoms with Gasteiger partial charge in [0.15, 0.2) is 0 Å². The fourth-order valence-corrected chi connectivity index (χ4v) is 4.48. The third-order valence-electron chi connectivity index (χ3n) is 5.24. The number of nitrogens with zero attached hydrogens (tertiary/aromatic N) is 2. The zero-order chi connectivity index (χ0) is 20.9. The van der Waals surface area contributed by atoms with E-state index in [4.69, 9.17) is 0 Å². The Kier molecular flexibility index (Phi) is 6.92. The smallest absolute Gasteiger partial charge is 0.235 e. The molecule has 0 saturated heterocycles. The molecule has 1 N–H and O–H groups in total. The molecule has 1 atom stereocenters. The van der Waals surface area contributed by atoms with Crippen LogP contribution >= 0.6 is 0 Å². The molecule has 0 saturated carbocycles. The van der Waals surface area contributed by atoms with Crippen molar-refractivity contribution in [2.24, 2.45) is 0 Å². The lowest BCUT2D eigenvalue weighted by Crippen LogP contribution is -2.40. The zero-order valence-corrected chi connectivity index (χ0v) is 17.9. The number of carbonyl (C=O) groups is 1. The van der Waals surface area contributed by atoms with E-state index in [0.717, 1.165) is 31.2 Å². The van der Waals surface area contributed by atoms with Gasteiger partial charge in [0.2, 0.25) is 15.9 Å². The van der Waals surface area contributed by atoms with E-state index in [0.29, 0.717) is 12.6 Å². The Bertz CT molecular complexity index is 931. The van der Waals surface area contributed by atoms with Crippen LogP contribution in [0.2, 0.25) is 0 Å². The van der Waals surface area contributed by atoms with E-state index in [-0.39, 0.29) is 19.0 Å². The van der Waals surface area contributed by atoms with Gasteiger partial charge in [-0.25, -0.2) is 8.42 Å². The SMILES string of the molecule is CC1Cc2ccccc2N1CCCNC(=O)CN(Cc1ccccc1)S(C)(=O)=O. The first kappa shape index (κ1) is 21.3. The highest BCUT2D eigenvalue weighted by molar-refractivity contribution is 7.88. The van der Waals surface area contributed by atoms with E-state index < -0.39 is 10.0 Å². The Labute approximate surface area is 173 Å². The highest BCUT2D eigenvalue weighted by Crippen LogP contribution is 2.31. The molecule has 0 radical (unpaired) electrons. The molecule has 6 nitrogen and oxygen atoms in total. The van der Waals surface area contributed by atoms with Crippen LogP contribution in [0.15, 0.2) is 54.6 Å². The molecular formula is C22H29N3O3S. The van der Waals surface area contributed by atoms with Crippen molar-refractivity contribution in [2.75, 3.05) is 30.8 Å². The number of hydrogen-bond acceptors (Lipinski definition) is 4. The van der Waals surface area contributed by atoms with E-state index in [1.165, 1.54) is 15.6 Å². The minimum Gasteiger partial charge on any atom is -0.368 e. The Morgan fingerprint density at radius 2 is 1.83 bits per heavy atom. The number of nitrogens with one attached hydrogen (secondary N) is 1. The maximum Gasteiger partial charge on any atom is 0.235 e.